The van der Waals surface area contributed by atoms with Gasteiger partial charge in [-0.05, 0) is 37.1 Å². The molecule has 0 amide bonds. The number of aromatic nitrogens is 3. The predicted octanol–water partition coefficient (Wildman–Crippen LogP) is 2.41. The first-order valence-corrected chi connectivity index (χ1v) is 9.13. The fourth-order valence-corrected chi connectivity index (χ4v) is 3.84. The Kier molecular flexibility index (Phi) is 4.37. The van der Waals surface area contributed by atoms with E-state index in [1.807, 2.05) is 0 Å². The van der Waals surface area contributed by atoms with Gasteiger partial charge in [0, 0.05) is 16.8 Å². The van der Waals surface area contributed by atoms with Gasteiger partial charge in [-0.25, -0.2) is 4.98 Å². The predicted molar refractivity (Wildman–Crippen MR) is 95.8 cm³/mol. The Balaban J connectivity index is 1.44. The third-order valence-corrected chi connectivity index (χ3v) is 5.13. The third-order valence-electron chi connectivity index (χ3n) is 4.02. The van der Waals surface area contributed by atoms with Crippen LogP contribution >= 0.6 is 22.9 Å². The lowest BCUT2D eigenvalue weighted by Gasteiger charge is -2.23. The molecule has 1 atom stereocenters. The highest BCUT2D eigenvalue weighted by atomic mass is 35.5. The highest BCUT2D eigenvalue weighted by molar-refractivity contribution is 7.16. The quantitative estimate of drug-likeness (QED) is 0.637. The molecule has 3 aromatic rings. The number of ether oxygens (including phenoxy) is 2. The number of carbonyl (C=O) groups is 1. The summed E-state index contributed by atoms with van der Waals surface area (Å²) in [4.78, 5) is 29.0. The molecule has 1 aliphatic rings. The van der Waals surface area contributed by atoms with Crippen molar-refractivity contribution in [2.24, 2.45) is 5.92 Å². The second-order valence-electron chi connectivity index (χ2n) is 6.00. The van der Waals surface area contributed by atoms with Gasteiger partial charge in [-0.2, -0.15) is 9.61 Å². The van der Waals surface area contributed by atoms with Crippen LogP contribution in [0.3, 0.4) is 0 Å². The average Bonchev–Trinajstić information content (AvgIpc) is 3.02. The minimum absolute atomic E-state index is 0.00967. The van der Waals surface area contributed by atoms with Crippen LogP contribution in [0.2, 0.25) is 5.02 Å². The molecule has 0 aliphatic carbocycles. The lowest BCUT2D eigenvalue weighted by Crippen LogP contribution is -2.29. The van der Waals surface area contributed by atoms with Crippen molar-refractivity contribution in [1.82, 2.24) is 14.6 Å². The number of hydrogen-bond acceptors (Lipinski definition) is 7. The average molecular weight is 392 g/mol. The second-order valence-corrected chi connectivity index (χ2v) is 7.47. The normalized spacial score (nSPS) is 16.2. The van der Waals surface area contributed by atoms with Crippen LogP contribution in [0.4, 0.5) is 0 Å². The van der Waals surface area contributed by atoms with Gasteiger partial charge in [0.15, 0.2) is 5.01 Å². The fourth-order valence-electron chi connectivity index (χ4n) is 2.78. The van der Waals surface area contributed by atoms with Crippen molar-refractivity contribution >= 4 is 33.9 Å². The number of aryl methyl sites for hydroxylation is 1. The van der Waals surface area contributed by atoms with E-state index in [1.54, 1.807) is 25.1 Å². The maximum absolute atomic E-state index is 12.4. The molecule has 9 heteroatoms. The van der Waals surface area contributed by atoms with E-state index in [2.05, 4.69) is 10.1 Å². The van der Waals surface area contributed by atoms with Crippen LogP contribution in [0.1, 0.15) is 16.3 Å². The summed E-state index contributed by atoms with van der Waals surface area (Å²) in [5.41, 5.74) is 1.26. The smallest absolute Gasteiger partial charge is 0.313 e. The standard InChI is InChI=1S/C17H14ClN3O4S/c1-9-4-15(22)21-17(19-9)26-14(20-21)8-25-16(23)11-5-10-6-12(18)2-3-13(10)24-7-11/h2-4,6,11H,5,7-8H2,1H3/t11-/m1/s1. The van der Waals surface area contributed by atoms with Crippen molar-refractivity contribution in [2.45, 2.75) is 20.0 Å². The summed E-state index contributed by atoms with van der Waals surface area (Å²) < 4.78 is 12.2. The number of benzene rings is 1. The van der Waals surface area contributed by atoms with E-state index in [9.17, 15) is 9.59 Å². The van der Waals surface area contributed by atoms with Crippen LogP contribution in [0.5, 0.6) is 5.75 Å². The number of rotatable bonds is 3. The zero-order valence-corrected chi connectivity index (χ0v) is 15.3. The topological polar surface area (TPSA) is 82.8 Å². The molecule has 26 heavy (non-hydrogen) atoms. The Morgan fingerprint density at radius 1 is 1.46 bits per heavy atom. The summed E-state index contributed by atoms with van der Waals surface area (Å²) in [6, 6.07) is 6.76. The number of fused-ring (bicyclic) bond motifs is 2. The van der Waals surface area contributed by atoms with Gasteiger partial charge in [0.1, 0.15) is 19.0 Å². The molecule has 4 rings (SSSR count). The molecule has 7 nitrogen and oxygen atoms in total. The lowest BCUT2D eigenvalue weighted by molar-refractivity contribution is -0.151. The first-order chi connectivity index (χ1) is 12.5. The van der Waals surface area contributed by atoms with Crippen molar-refractivity contribution in [3.8, 4) is 5.75 Å². The molecule has 0 saturated carbocycles. The first-order valence-electron chi connectivity index (χ1n) is 7.94. The monoisotopic (exact) mass is 391 g/mol. The minimum Gasteiger partial charge on any atom is -0.492 e. The van der Waals surface area contributed by atoms with Gasteiger partial charge in [-0.15, -0.1) is 0 Å². The lowest BCUT2D eigenvalue weighted by atomic mass is 9.97. The molecule has 2 aromatic heterocycles. The Labute approximate surface area is 157 Å². The Morgan fingerprint density at radius 2 is 2.31 bits per heavy atom. The van der Waals surface area contributed by atoms with Gasteiger partial charge in [-0.1, -0.05) is 22.9 Å². The van der Waals surface area contributed by atoms with E-state index in [4.69, 9.17) is 21.1 Å². The Hall–Kier alpha value is -2.45. The maximum atomic E-state index is 12.4. The summed E-state index contributed by atoms with van der Waals surface area (Å²) in [6.07, 6.45) is 0.509. The second kappa shape index (κ2) is 6.69. The van der Waals surface area contributed by atoms with Crippen molar-refractivity contribution in [3.05, 3.63) is 55.9 Å². The molecule has 0 spiro atoms. The van der Waals surface area contributed by atoms with E-state index >= 15 is 0 Å². The Morgan fingerprint density at radius 3 is 3.15 bits per heavy atom. The summed E-state index contributed by atoms with van der Waals surface area (Å²) in [6.45, 7) is 1.99. The number of esters is 1. The molecule has 0 saturated heterocycles. The largest absolute Gasteiger partial charge is 0.492 e. The number of halogens is 1. The van der Waals surface area contributed by atoms with Crippen molar-refractivity contribution < 1.29 is 14.3 Å². The molecule has 0 unspecified atom stereocenters. The number of hydrogen-bond donors (Lipinski definition) is 0. The van der Waals surface area contributed by atoms with Gasteiger partial charge in [0.25, 0.3) is 5.56 Å². The highest BCUT2D eigenvalue weighted by Crippen LogP contribution is 2.30. The van der Waals surface area contributed by atoms with Gasteiger partial charge in [0.2, 0.25) is 4.96 Å². The Bertz CT molecular complexity index is 1060. The number of carbonyl (C=O) groups excluding carboxylic acids is 1. The van der Waals surface area contributed by atoms with Gasteiger partial charge in [0.05, 0.1) is 5.92 Å². The van der Waals surface area contributed by atoms with Crippen LogP contribution in [0.15, 0.2) is 29.1 Å². The molecular weight excluding hydrogens is 378 g/mol. The fraction of sp³-hybridized carbons (Fsp3) is 0.294. The van der Waals surface area contributed by atoms with Crippen molar-refractivity contribution in [1.29, 1.82) is 0 Å². The van der Waals surface area contributed by atoms with Crippen LogP contribution in [0, 0.1) is 12.8 Å². The molecule has 0 radical (unpaired) electrons. The maximum Gasteiger partial charge on any atom is 0.313 e. The molecule has 1 aliphatic heterocycles. The molecule has 1 aromatic carbocycles. The van der Waals surface area contributed by atoms with E-state index in [0.29, 0.717) is 27.1 Å². The van der Waals surface area contributed by atoms with Crippen LogP contribution in [-0.4, -0.2) is 27.2 Å². The SMILES string of the molecule is Cc1cc(=O)n2nc(COC(=O)[C@H]3COc4ccc(Cl)cc4C3)sc2n1. The van der Waals surface area contributed by atoms with Gasteiger partial charge < -0.3 is 9.47 Å². The molecule has 0 fully saturated rings. The van der Waals surface area contributed by atoms with Crippen molar-refractivity contribution in [2.75, 3.05) is 6.61 Å². The van der Waals surface area contributed by atoms with Crippen molar-refractivity contribution in [3.63, 3.8) is 0 Å². The van der Waals surface area contributed by atoms with E-state index < -0.39 is 5.92 Å². The zero-order valence-electron chi connectivity index (χ0n) is 13.8. The van der Waals surface area contributed by atoms with E-state index in [-0.39, 0.29) is 24.7 Å². The molecular formula is C17H14ClN3O4S. The van der Waals surface area contributed by atoms with Crippen LogP contribution < -0.4 is 10.3 Å². The molecule has 0 N–H and O–H groups in total. The van der Waals surface area contributed by atoms with E-state index in [1.165, 1.54) is 21.9 Å². The van der Waals surface area contributed by atoms with Gasteiger partial charge >= 0.3 is 5.97 Å². The highest BCUT2D eigenvalue weighted by Gasteiger charge is 2.27. The first kappa shape index (κ1) is 17.0. The summed E-state index contributed by atoms with van der Waals surface area (Å²) >= 11 is 7.21. The van der Waals surface area contributed by atoms with Crippen LogP contribution in [-0.2, 0) is 22.6 Å². The molecule has 3 heterocycles. The molecule has 134 valence electrons. The minimum atomic E-state index is -0.404. The van der Waals surface area contributed by atoms with Crippen LogP contribution in [0.25, 0.3) is 4.96 Å². The third kappa shape index (κ3) is 3.30. The number of nitrogens with zero attached hydrogens (tertiary/aromatic N) is 3. The molecule has 0 bridgehead atoms. The summed E-state index contributed by atoms with van der Waals surface area (Å²) in [7, 11) is 0. The summed E-state index contributed by atoms with van der Waals surface area (Å²) in [5, 5.41) is 5.26. The van der Waals surface area contributed by atoms with Gasteiger partial charge in [-0.3, -0.25) is 9.59 Å². The zero-order chi connectivity index (χ0) is 18.3. The summed E-state index contributed by atoms with van der Waals surface area (Å²) in [5.74, 6) is -0.0322. The van der Waals surface area contributed by atoms with E-state index in [0.717, 1.165) is 11.3 Å².